The summed E-state index contributed by atoms with van der Waals surface area (Å²) in [6.45, 7) is 2.68. The molecule has 0 radical (unpaired) electrons. The number of aromatic nitrogens is 1. The second-order valence-corrected chi connectivity index (χ2v) is 3.19. The quantitative estimate of drug-likeness (QED) is 0.751. The van der Waals surface area contributed by atoms with Gasteiger partial charge >= 0.3 is 4.87 Å². The van der Waals surface area contributed by atoms with Crippen LogP contribution in [0.5, 0.6) is 5.88 Å². The molecule has 0 aliphatic rings. The zero-order valence-electron chi connectivity index (χ0n) is 6.41. The highest BCUT2D eigenvalue weighted by Crippen LogP contribution is 2.09. The number of thiazole rings is 1. The molecule has 0 amide bonds. The lowest BCUT2D eigenvalue weighted by Crippen LogP contribution is -2.12. The van der Waals surface area contributed by atoms with Crippen molar-refractivity contribution in [2.45, 2.75) is 26.3 Å². The van der Waals surface area contributed by atoms with E-state index in [4.69, 9.17) is 5.11 Å². The molecule has 0 saturated carbocycles. The van der Waals surface area contributed by atoms with Gasteiger partial charge in [-0.15, -0.1) is 0 Å². The van der Waals surface area contributed by atoms with Crippen LogP contribution in [0, 0.1) is 0 Å². The second kappa shape index (κ2) is 3.57. The van der Waals surface area contributed by atoms with Crippen molar-refractivity contribution in [3.05, 3.63) is 15.0 Å². The van der Waals surface area contributed by atoms with Gasteiger partial charge in [-0.3, -0.25) is 9.36 Å². The summed E-state index contributed by atoms with van der Waals surface area (Å²) in [7, 11) is 0. The average molecular weight is 173 g/mol. The van der Waals surface area contributed by atoms with Gasteiger partial charge in [-0.05, 0) is 6.42 Å². The molecule has 1 heterocycles. The predicted octanol–water partition coefficient (Wildman–Crippen LogP) is 1.42. The zero-order valence-corrected chi connectivity index (χ0v) is 7.23. The molecule has 0 bridgehead atoms. The lowest BCUT2D eigenvalue weighted by molar-refractivity contribution is 0.409. The van der Waals surface area contributed by atoms with E-state index in [0.717, 1.165) is 24.2 Å². The summed E-state index contributed by atoms with van der Waals surface area (Å²) in [6.07, 6.45) is 1.96. The molecule has 11 heavy (non-hydrogen) atoms. The second-order valence-electron chi connectivity index (χ2n) is 2.37. The molecule has 0 aliphatic carbocycles. The van der Waals surface area contributed by atoms with Crippen LogP contribution in [0.2, 0.25) is 0 Å². The average Bonchev–Trinajstić information content (AvgIpc) is 2.29. The molecule has 0 fully saturated rings. The normalized spacial score (nSPS) is 10.3. The van der Waals surface area contributed by atoms with Crippen LogP contribution in [-0.2, 0) is 6.54 Å². The van der Waals surface area contributed by atoms with E-state index in [2.05, 4.69) is 6.92 Å². The topological polar surface area (TPSA) is 42.2 Å². The monoisotopic (exact) mass is 173 g/mol. The smallest absolute Gasteiger partial charge is 0.309 e. The Morgan fingerprint density at radius 2 is 2.45 bits per heavy atom. The first-order valence-electron chi connectivity index (χ1n) is 3.63. The Bertz CT molecular complexity index is 276. The van der Waals surface area contributed by atoms with Gasteiger partial charge in [0.15, 0.2) is 0 Å². The lowest BCUT2D eigenvalue weighted by atomic mass is 10.3. The van der Waals surface area contributed by atoms with Gasteiger partial charge in [-0.25, -0.2) is 0 Å². The van der Waals surface area contributed by atoms with Crippen LogP contribution in [-0.4, -0.2) is 9.67 Å². The summed E-state index contributed by atoms with van der Waals surface area (Å²) in [4.78, 5) is 10.9. The minimum Gasteiger partial charge on any atom is -0.494 e. The van der Waals surface area contributed by atoms with Crippen LogP contribution in [0.15, 0.2) is 10.2 Å². The minimum absolute atomic E-state index is 0.0732. The Kier molecular flexibility index (Phi) is 2.70. The highest BCUT2D eigenvalue weighted by molar-refractivity contribution is 7.07. The largest absolute Gasteiger partial charge is 0.494 e. The standard InChI is InChI=1S/C7H11NO2S/c1-2-3-4-8-6(9)5-11-7(8)10/h5,9H,2-4H2,1H3. The Morgan fingerprint density at radius 3 is 2.91 bits per heavy atom. The van der Waals surface area contributed by atoms with Crippen LogP contribution < -0.4 is 4.87 Å². The van der Waals surface area contributed by atoms with Crippen molar-refractivity contribution in [1.82, 2.24) is 4.57 Å². The van der Waals surface area contributed by atoms with Crippen LogP contribution >= 0.6 is 11.3 Å². The Balaban J connectivity index is 2.75. The number of rotatable bonds is 3. The SMILES string of the molecule is CCCCn1c(O)csc1=O. The van der Waals surface area contributed by atoms with Gasteiger partial charge < -0.3 is 5.11 Å². The van der Waals surface area contributed by atoms with E-state index in [1.807, 2.05) is 0 Å². The molecule has 0 aromatic carbocycles. The van der Waals surface area contributed by atoms with Crippen molar-refractivity contribution in [3.63, 3.8) is 0 Å². The Morgan fingerprint density at radius 1 is 1.73 bits per heavy atom. The molecule has 1 N–H and O–H groups in total. The number of hydrogen-bond donors (Lipinski definition) is 1. The maximum atomic E-state index is 11.0. The van der Waals surface area contributed by atoms with Crippen LogP contribution in [0.25, 0.3) is 0 Å². The third-order valence-corrected chi connectivity index (χ3v) is 2.25. The van der Waals surface area contributed by atoms with E-state index in [1.54, 1.807) is 0 Å². The van der Waals surface area contributed by atoms with Crippen molar-refractivity contribution in [2.75, 3.05) is 0 Å². The van der Waals surface area contributed by atoms with Crippen molar-refractivity contribution in [2.24, 2.45) is 0 Å². The van der Waals surface area contributed by atoms with Gasteiger partial charge in [0.25, 0.3) is 0 Å². The molecular formula is C7H11NO2S. The molecular weight excluding hydrogens is 162 g/mol. The molecule has 1 rings (SSSR count). The Hall–Kier alpha value is -0.770. The van der Waals surface area contributed by atoms with E-state index < -0.39 is 0 Å². The molecule has 0 atom stereocenters. The van der Waals surface area contributed by atoms with Gasteiger partial charge in [0.1, 0.15) is 0 Å². The van der Waals surface area contributed by atoms with Crippen molar-refractivity contribution < 1.29 is 5.11 Å². The van der Waals surface area contributed by atoms with E-state index in [0.29, 0.717) is 6.54 Å². The summed E-state index contributed by atoms with van der Waals surface area (Å²) in [5, 5.41) is 10.6. The molecule has 1 aromatic heterocycles. The number of unbranched alkanes of at least 4 members (excludes halogenated alkanes) is 1. The summed E-state index contributed by atoms with van der Waals surface area (Å²) >= 11 is 1.04. The first-order chi connectivity index (χ1) is 5.25. The highest BCUT2D eigenvalue weighted by atomic mass is 32.1. The summed E-state index contributed by atoms with van der Waals surface area (Å²) < 4.78 is 1.40. The number of aromatic hydroxyl groups is 1. The van der Waals surface area contributed by atoms with Crippen molar-refractivity contribution >= 4 is 11.3 Å². The van der Waals surface area contributed by atoms with E-state index in [1.165, 1.54) is 9.95 Å². The van der Waals surface area contributed by atoms with Gasteiger partial charge in [0.05, 0.1) is 5.38 Å². The van der Waals surface area contributed by atoms with Gasteiger partial charge in [0.2, 0.25) is 5.88 Å². The maximum Gasteiger partial charge on any atom is 0.309 e. The van der Waals surface area contributed by atoms with Crippen LogP contribution in [0.4, 0.5) is 0 Å². The molecule has 0 spiro atoms. The van der Waals surface area contributed by atoms with Crippen LogP contribution in [0.3, 0.4) is 0 Å². The lowest BCUT2D eigenvalue weighted by Gasteiger charge is -1.99. The first kappa shape index (κ1) is 8.33. The number of hydrogen-bond acceptors (Lipinski definition) is 3. The number of nitrogens with zero attached hydrogens (tertiary/aromatic N) is 1. The zero-order chi connectivity index (χ0) is 8.27. The predicted molar refractivity (Wildman–Crippen MR) is 45.2 cm³/mol. The summed E-state index contributed by atoms with van der Waals surface area (Å²) in [6, 6.07) is 0. The Labute approximate surface area is 68.9 Å². The third-order valence-electron chi connectivity index (χ3n) is 1.50. The molecule has 3 nitrogen and oxygen atoms in total. The molecule has 4 heteroatoms. The molecule has 62 valence electrons. The summed E-state index contributed by atoms with van der Waals surface area (Å²) in [5.74, 6) is 0.0912. The fourth-order valence-electron chi connectivity index (χ4n) is 0.846. The molecule has 0 unspecified atom stereocenters. The van der Waals surface area contributed by atoms with Crippen molar-refractivity contribution in [1.29, 1.82) is 0 Å². The van der Waals surface area contributed by atoms with Crippen LogP contribution in [0.1, 0.15) is 19.8 Å². The van der Waals surface area contributed by atoms with Gasteiger partial charge in [-0.1, -0.05) is 24.7 Å². The van der Waals surface area contributed by atoms with E-state index in [-0.39, 0.29) is 10.8 Å². The maximum absolute atomic E-state index is 11.0. The third kappa shape index (κ3) is 1.83. The molecule has 1 aromatic rings. The van der Waals surface area contributed by atoms with Gasteiger partial charge in [0, 0.05) is 6.54 Å². The summed E-state index contributed by atoms with van der Waals surface area (Å²) in [5.41, 5.74) is 0. The van der Waals surface area contributed by atoms with E-state index >= 15 is 0 Å². The van der Waals surface area contributed by atoms with Crippen molar-refractivity contribution in [3.8, 4) is 5.88 Å². The van der Waals surface area contributed by atoms with Gasteiger partial charge in [-0.2, -0.15) is 0 Å². The fourth-order valence-corrected chi connectivity index (χ4v) is 1.49. The molecule has 0 aliphatic heterocycles. The fraction of sp³-hybridized carbons (Fsp3) is 0.571. The highest BCUT2D eigenvalue weighted by Gasteiger charge is 2.02. The minimum atomic E-state index is -0.0732. The first-order valence-corrected chi connectivity index (χ1v) is 4.51. The molecule has 0 saturated heterocycles. The van der Waals surface area contributed by atoms with E-state index in [9.17, 15) is 4.79 Å².